The van der Waals surface area contributed by atoms with Gasteiger partial charge in [0.15, 0.2) is 5.71 Å². The minimum absolute atomic E-state index is 0.0146. The number of halogens is 5. The number of hydrogen-bond acceptors (Lipinski definition) is 6. The molecular formula is C42H57F5N2O5S. The molecule has 1 atom stereocenters. The van der Waals surface area contributed by atoms with Crippen LogP contribution in [0, 0.1) is 0 Å². The van der Waals surface area contributed by atoms with E-state index in [1.807, 2.05) is 32.9 Å². The summed E-state index contributed by atoms with van der Waals surface area (Å²) in [5.74, 6) is -1.64. The summed E-state index contributed by atoms with van der Waals surface area (Å²) in [6.45, 7) is 5.87. The molecule has 1 amide bonds. The summed E-state index contributed by atoms with van der Waals surface area (Å²) in [5.41, 5.74) is -0.254. The highest BCUT2D eigenvalue weighted by molar-refractivity contribution is 7.88. The minimum Gasteiger partial charge on any atom is -0.488 e. The highest BCUT2D eigenvalue weighted by atomic mass is 32.2. The van der Waals surface area contributed by atoms with Gasteiger partial charge in [-0.3, -0.25) is 9.08 Å². The molecule has 5 rings (SSSR count). The molecule has 2 aromatic rings. The standard InChI is InChI=1S/C42H57F5N2O5S/c1-4-6-26-40(3,5-2)53-34-24-22-32(23-25-34)38(41(43,44)45)49-54-55(51,52)42(46,47)39(50)48-37-35(30-18-12-8-13-19-30)27-33(29-16-10-7-11-17-29)28-36(37)31-20-14-9-15-21-31/h22-25,27-31H,4-21,26H2,1-3H3,(H,48,50)/b49-38-. The van der Waals surface area contributed by atoms with Crippen LogP contribution in [0.25, 0.3) is 0 Å². The number of benzene rings is 2. The lowest BCUT2D eigenvalue weighted by molar-refractivity contribution is -0.130. The van der Waals surface area contributed by atoms with E-state index in [4.69, 9.17) is 4.74 Å². The fourth-order valence-electron chi connectivity index (χ4n) is 8.52. The number of hydrogen-bond donors (Lipinski definition) is 1. The fraction of sp³-hybridized carbons (Fsp3) is 0.667. The maximum atomic E-state index is 15.8. The summed E-state index contributed by atoms with van der Waals surface area (Å²) in [6.07, 6.45) is 12.3. The number of nitrogens with zero attached hydrogens (tertiary/aromatic N) is 1. The maximum Gasteiger partial charge on any atom is 0.460 e. The Morgan fingerprint density at radius 1 is 0.782 bits per heavy atom. The Hall–Kier alpha value is -3.22. The lowest BCUT2D eigenvalue weighted by atomic mass is 9.75. The molecule has 0 saturated heterocycles. The largest absolute Gasteiger partial charge is 0.488 e. The normalized spacial score (nSPS) is 19.8. The van der Waals surface area contributed by atoms with Crippen LogP contribution in [-0.4, -0.2) is 37.1 Å². The molecule has 3 fully saturated rings. The summed E-state index contributed by atoms with van der Waals surface area (Å²) in [4.78, 5) is 13.5. The monoisotopic (exact) mass is 796 g/mol. The Bertz CT molecular complexity index is 1690. The molecule has 1 unspecified atom stereocenters. The van der Waals surface area contributed by atoms with Gasteiger partial charge in [-0.25, -0.2) is 0 Å². The predicted molar refractivity (Wildman–Crippen MR) is 205 cm³/mol. The van der Waals surface area contributed by atoms with Crippen LogP contribution in [0.4, 0.5) is 27.6 Å². The van der Waals surface area contributed by atoms with E-state index >= 15 is 8.78 Å². The molecule has 1 N–H and O–H groups in total. The number of unbranched alkanes of at least 4 members (excludes halogenated alkanes) is 1. The van der Waals surface area contributed by atoms with Crippen molar-refractivity contribution >= 4 is 27.4 Å². The first-order valence-corrected chi connectivity index (χ1v) is 21.7. The zero-order chi connectivity index (χ0) is 39.9. The number of carbonyl (C=O) groups is 1. The zero-order valence-electron chi connectivity index (χ0n) is 32.4. The highest BCUT2D eigenvalue weighted by Gasteiger charge is 2.56. The molecule has 2 aromatic carbocycles. The van der Waals surface area contributed by atoms with Gasteiger partial charge in [-0.05, 0) is 123 Å². The van der Waals surface area contributed by atoms with Crippen molar-refractivity contribution in [2.45, 2.75) is 178 Å². The first-order valence-electron chi connectivity index (χ1n) is 20.3. The summed E-state index contributed by atoms with van der Waals surface area (Å²) >= 11 is 0. The average Bonchev–Trinajstić information content (AvgIpc) is 3.18. The van der Waals surface area contributed by atoms with Gasteiger partial charge in [-0.2, -0.15) is 30.4 Å². The Kier molecular flexibility index (Phi) is 14.3. The number of anilines is 1. The van der Waals surface area contributed by atoms with E-state index in [-0.39, 0.29) is 23.3 Å². The van der Waals surface area contributed by atoms with Gasteiger partial charge in [0.1, 0.15) is 11.4 Å². The van der Waals surface area contributed by atoms with Crippen LogP contribution in [0.1, 0.15) is 183 Å². The molecule has 7 nitrogen and oxygen atoms in total. The smallest absolute Gasteiger partial charge is 0.460 e. The van der Waals surface area contributed by atoms with Gasteiger partial charge < -0.3 is 10.1 Å². The third kappa shape index (κ3) is 10.6. The number of ether oxygens (including phenoxy) is 1. The third-order valence-corrected chi connectivity index (χ3v) is 13.1. The van der Waals surface area contributed by atoms with Gasteiger partial charge in [0.05, 0.1) is 0 Å². The van der Waals surface area contributed by atoms with Crippen molar-refractivity contribution < 1.29 is 44.2 Å². The second kappa shape index (κ2) is 18.4. The van der Waals surface area contributed by atoms with Crippen molar-refractivity contribution in [2.75, 3.05) is 5.32 Å². The van der Waals surface area contributed by atoms with E-state index in [1.54, 1.807) is 0 Å². The van der Waals surface area contributed by atoms with Crippen molar-refractivity contribution in [3.05, 3.63) is 58.7 Å². The van der Waals surface area contributed by atoms with Crippen LogP contribution in [0.3, 0.4) is 0 Å². The summed E-state index contributed by atoms with van der Waals surface area (Å²) < 4.78 is 110. The molecule has 0 radical (unpaired) electrons. The molecule has 3 saturated carbocycles. The van der Waals surface area contributed by atoms with Crippen LogP contribution >= 0.6 is 0 Å². The van der Waals surface area contributed by atoms with Crippen molar-refractivity contribution in [1.29, 1.82) is 0 Å². The molecule has 0 aliphatic heterocycles. The fourth-order valence-corrected chi connectivity index (χ4v) is 9.06. The third-order valence-electron chi connectivity index (χ3n) is 12.0. The molecular weight excluding hydrogens is 740 g/mol. The number of amides is 1. The maximum absolute atomic E-state index is 15.8. The highest BCUT2D eigenvalue weighted by Crippen LogP contribution is 2.47. The summed E-state index contributed by atoms with van der Waals surface area (Å²) in [6, 6.07) is 8.58. The van der Waals surface area contributed by atoms with Crippen LogP contribution in [0.5, 0.6) is 5.75 Å². The van der Waals surface area contributed by atoms with E-state index < -0.39 is 44.3 Å². The summed E-state index contributed by atoms with van der Waals surface area (Å²) in [5, 5.41) is -0.263. The molecule has 0 aromatic heterocycles. The number of alkyl halides is 5. The van der Waals surface area contributed by atoms with Crippen LogP contribution in [0.2, 0.25) is 0 Å². The Morgan fingerprint density at radius 3 is 1.73 bits per heavy atom. The lowest BCUT2D eigenvalue weighted by Gasteiger charge is -2.33. The van der Waals surface area contributed by atoms with E-state index in [1.165, 1.54) is 12.1 Å². The molecule has 13 heteroatoms. The quantitative estimate of drug-likeness (QED) is 0.110. The molecule has 3 aliphatic carbocycles. The van der Waals surface area contributed by atoms with E-state index in [0.717, 1.165) is 144 Å². The van der Waals surface area contributed by atoms with E-state index in [2.05, 4.69) is 14.8 Å². The van der Waals surface area contributed by atoms with Crippen LogP contribution < -0.4 is 10.1 Å². The van der Waals surface area contributed by atoms with Gasteiger partial charge >= 0.3 is 27.5 Å². The lowest BCUT2D eigenvalue weighted by Crippen LogP contribution is -2.43. The van der Waals surface area contributed by atoms with Crippen molar-refractivity contribution in [2.24, 2.45) is 5.16 Å². The molecule has 0 bridgehead atoms. The first kappa shape index (κ1) is 42.9. The molecule has 0 spiro atoms. The van der Waals surface area contributed by atoms with Crippen molar-refractivity contribution in [3.63, 3.8) is 0 Å². The summed E-state index contributed by atoms with van der Waals surface area (Å²) in [7, 11) is -6.35. The average molecular weight is 797 g/mol. The molecule has 0 heterocycles. The second-order valence-corrected chi connectivity index (χ2v) is 17.6. The minimum atomic E-state index is -6.35. The Balaban J connectivity index is 1.44. The second-order valence-electron chi connectivity index (χ2n) is 16.0. The van der Waals surface area contributed by atoms with E-state index in [9.17, 15) is 26.4 Å². The zero-order valence-corrected chi connectivity index (χ0v) is 33.2. The number of oxime groups is 1. The SMILES string of the molecule is CCCCC(C)(CC)Oc1ccc(/C(=N/OS(=O)(=O)C(F)(F)C(=O)Nc2c(C3CCCCC3)cc(C3CCCCC3)cc2C2CCCCC2)C(F)(F)F)cc1. The predicted octanol–water partition coefficient (Wildman–Crippen LogP) is 12.4. The Labute approximate surface area is 323 Å². The van der Waals surface area contributed by atoms with Crippen molar-refractivity contribution in [3.8, 4) is 5.75 Å². The van der Waals surface area contributed by atoms with Crippen LogP contribution in [-0.2, 0) is 19.2 Å². The number of rotatable bonds is 15. The van der Waals surface area contributed by atoms with Gasteiger partial charge in [0.25, 0.3) is 0 Å². The Morgan fingerprint density at radius 2 is 1.27 bits per heavy atom. The van der Waals surface area contributed by atoms with Crippen molar-refractivity contribution in [1.82, 2.24) is 0 Å². The van der Waals surface area contributed by atoms with Gasteiger partial charge in [0.2, 0.25) is 0 Å². The van der Waals surface area contributed by atoms with Gasteiger partial charge in [0, 0.05) is 11.3 Å². The first-order chi connectivity index (χ1) is 26.1. The van der Waals surface area contributed by atoms with E-state index in [0.29, 0.717) is 12.3 Å². The molecule has 55 heavy (non-hydrogen) atoms. The topological polar surface area (TPSA) is 94.1 Å². The number of nitrogens with one attached hydrogen (secondary N) is 1. The van der Waals surface area contributed by atoms with Gasteiger partial charge in [-0.1, -0.05) is 95.3 Å². The van der Waals surface area contributed by atoms with Gasteiger partial charge in [-0.15, -0.1) is 0 Å². The molecule has 3 aliphatic rings. The number of carbonyl (C=O) groups excluding carboxylic acids is 1. The van der Waals surface area contributed by atoms with Crippen LogP contribution in [0.15, 0.2) is 41.6 Å². The molecule has 306 valence electrons.